The monoisotopic (exact) mass is 452 g/mol. The fraction of sp³-hybridized carbons (Fsp3) is 0.273. The minimum Gasteiger partial charge on any atom is -0.508 e. The average Bonchev–Trinajstić information content (AvgIpc) is 3.19. The molecule has 0 bridgehead atoms. The summed E-state index contributed by atoms with van der Waals surface area (Å²) in [6, 6.07) is 8.71. The Kier molecular flexibility index (Phi) is 5.79. The second-order valence-corrected chi connectivity index (χ2v) is 9.85. The third kappa shape index (κ3) is 4.54. The van der Waals surface area contributed by atoms with Gasteiger partial charge in [0.1, 0.15) is 11.3 Å². The molecule has 1 aromatic carbocycles. The molecule has 3 aromatic heterocycles. The van der Waals surface area contributed by atoms with Crippen LogP contribution >= 0.6 is 0 Å². The summed E-state index contributed by atoms with van der Waals surface area (Å²) in [5, 5.41) is 12.8. The molecule has 4 aromatic rings. The van der Waals surface area contributed by atoms with Crippen molar-refractivity contribution >= 4 is 26.8 Å². The van der Waals surface area contributed by atoms with Gasteiger partial charge in [-0.05, 0) is 44.0 Å². The molecular weight excluding hydrogens is 428 g/mol. The highest BCUT2D eigenvalue weighted by Gasteiger charge is 2.17. The molecule has 10 heteroatoms. The minimum atomic E-state index is -3.41. The first-order valence-corrected chi connectivity index (χ1v) is 12.0. The highest BCUT2D eigenvalue weighted by Crippen LogP contribution is 2.26. The lowest BCUT2D eigenvalue weighted by Gasteiger charge is -2.11. The fourth-order valence-electron chi connectivity index (χ4n) is 3.28. The summed E-state index contributed by atoms with van der Waals surface area (Å²) in [5.41, 5.74) is 2.87. The molecule has 0 aliphatic rings. The number of anilines is 1. The molecule has 2 N–H and O–H groups in total. The molecule has 0 unspecified atom stereocenters. The van der Waals surface area contributed by atoms with Gasteiger partial charge in [0, 0.05) is 36.8 Å². The largest absolute Gasteiger partial charge is 0.508 e. The van der Waals surface area contributed by atoms with E-state index in [1.54, 1.807) is 24.7 Å². The number of aromatic hydroxyl groups is 1. The van der Waals surface area contributed by atoms with Gasteiger partial charge >= 0.3 is 0 Å². The maximum atomic E-state index is 12.0. The second-order valence-electron chi connectivity index (χ2n) is 7.84. The number of benzene rings is 1. The van der Waals surface area contributed by atoms with E-state index in [2.05, 4.69) is 25.3 Å². The van der Waals surface area contributed by atoms with Crippen LogP contribution < -0.4 is 5.32 Å². The third-order valence-electron chi connectivity index (χ3n) is 5.02. The van der Waals surface area contributed by atoms with Crippen LogP contribution in [0.5, 0.6) is 5.75 Å². The van der Waals surface area contributed by atoms with Crippen LogP contribution in [0.1, 0.15) is 25.5 Å². The molecule has 0 radical (unpaired) electrons. The number of aromatic nitrogens is 5. The van der Waals surface area contributed by atoms with E-state index in [0.29, 0.717) is 34.9 Å². The molecule has 0 spiro atoms. The Morgan fingerprint density at radius 3 is 2.56 bits per heavy atom. The van der Waals surface area contributed by atoms with Gasteiger partial charge in [-0.3, -0.25) is 4.98 Å². The number of imidazole rings is 1. The lowest BCUT2D eigenvalue weighted by Crippen LogP contribution is -2.09. The molecule has 0 saturated heterocycles. The zero-order valence-electron chi connectivity index (χ0n) is 18.0. The smallest absolute Gasteiger partial charge is 0.177 e. The summed E-state index contributed by atoms with van der Waals surface area (Å²) in [6.45, 7) is 4.66. The predicted octanol–water partition coefficient (Wildman–Crippen LogP) is 3.23. The van der Waals surface area contributed by atoms with E-state index < -0.39 is 9.84 Å². The normalized spacial score (nSPS) is 11.9. The van der Waals surface area contributed by atoms with Gasteiger partial charge in [-0.15, -0.1) is 0 Å². The van der Waals surface area contributed by atoms with E-state index in [1.807, 2.05) is 30.5 Å². The number of nitrogens with one attached hydrogen (secondary N) is 1. The summed E-state index contributed by atoms with van der Waals surface area (Å²) in [4.78, 5) is 18.0. The molecule has 9 nitrogen and oxygen atoms in total. The van der Waals surface area contributed by atoms with Crippen molar-refractivity contribution in [2.75, 3.05) is 18.1 Å². The molecule has 4 rings (SSSR count). The Bertz CT molecular complexity index is 1360. The lowest BCUT2D eigenvalue weighted by atomic mass is 10.1. The Morgan fingerprint density at radius 2 is 1.88 bits per heavy atom. The van der Waals surface area contributed by atoms with Gasteiger partial charge in [-0.1, -0.05) is 12.1 Å². The maximum absolute atomic E-state index is 12.0. The summed E-state index contributed by atoms with van der Waals surface area (Å²) < 4.78 is 25.9. The van der Waals surface area contributed by atoms with Gasteiger partial charge in [-0.25, -0.2) is 23.4 Å². The van der Waals surface area contributed by atoms with E-state index in [0.717, 1.165) is 18.2 Å². The van der Waals surface area contributed by atoms with Gasteiger partial charge < -0.3 is 15.0 Å². The van der Waals surface area contributed by atoms with Crippen LogP contribution in [0, 0.1) is 0 Å². The summed E-state index contributed by atoms with van der Waals surface area (Å²) in [5.74, 6) is 1.16. The van der Waals surface area contributed by atoms with Gasteiger partial charge in [0.2, 0.25) is 0 Å². The molecule has 0 atom stereocenters. The summed E-state index contributed by atoms with van der Waals surface area (Å²) in [7, 11) is -3.41. The standard InChI is InChI=1S/C22H24N6O3S/c1-14(2)28-13-25-19-21(24-9-8-15-4-6-17(29)7-5-15)26-20(27-22(19)28)16-10-18(12-23-11-16)32(3,30)31/h4-7,10-14,29H,8-9H2,1-3H3,(H,24,26,27). The van der Waals surface area contributed by atoms with Crippen LogP contribution in [0.25, 0.3) is 22.6 Å². The van der Waals surface area contributed by atoms with Gasteiger partial charge in [0.25, 0.3) is 0 Å². The van der Waals surface area contributed by atoms with Gasteiger partial charge in [0.05, 0.1) is 11.2 Å². The van der Waals surface area contributed by atoms with Crippen LogP contribution in [0.15, 0.2) is 53.9 Å². The second kappa shape index (κ2) is 8.54. The van der Waals surface area contributed by atoms with Gasteiger partial charge in [-0.2, -0.15) is 0 Å². The van der Waals surface area contributed by atoms with Crippen molar-refractivity contribution in [3.05, 3.63) is 54.6 Å². The van der Waals surface area contributed by atoms with E-state index >= 15 is 0 Å². The van der Waals surface area contributed by atoms with Crippen LogP contribution in [-0.4, -0.2) is 50.8 Å². The van der Waals surface area contributed by atoms with Crippen molar-refractivity contribution in [2.24, 2.45) is 0 Å². The molecule has 166 valence electrons. The Labute approximate surface area is 186 Å². The molecular formula is C22H24N6O3S. The highest BCUT2D eigenvalue weighted by molar-refractivity contribution is 7.90. The van der Waals surface area contributed by atoms with Gasteiger partial charge in [0.15, 0.2) is 27.1 Å². The van der Waals surface area contributed by atoms with Crippen molar-refractivity contribution in [3.8, 4) is 17.1 Å². The highest BCUT2D eigenvalue weighted by atomic mass is 32.2. The number of nitrogens with zero attached hydrogens (tertiary/aromatic N) is 5. The number of fused-ring (bicyclic) bond motifs is 1. The quantitative estimate of drug-likeness (QED) is 0.438. The topological polar surface area (TPSA) is 123 Å². The lowest BCUT2D eigenvalue weighted by molar-refractivity contribution is 0.475. The first-order chi connectivity index (χ1) is 15.2. The predicted molar refractivity (Wildman–Crippen MR) is 122 cm³/mol. The van der Waals surface area contributed by atoms with Crippen molar-refractivity contribution in [1.29, 1.82) is 0 Å². The number of hydrogen-bond donors (Lipinski definition) is 2. The zero-order chi connectivity index (χ0) is 22.9. The fourth-order valence-corrected chi connectivity index (χ4v) is 3.87. The average molecular weight is 453 g/mol. The Hall–Kier alpha value is -3.53. The minimum absolute atomic E-state index is 0.109. The molecule has 0 saturated carbocycles. The molecule has 0 amide bonds. The van der Waals surface area contributed by atoms with E-state index in [9.17, 15) is 13.5 Å². The Balaban J connectivity index is 1.72. The van der Waals surface area contributed by atoms with Crippen molar-refractivity contribution in [2.45, 2.75) is 31.2 Å². The zero-order valence-corrected chi connectivity index (χ0v) is 18.8. The maximum Gasteiger partial charge on any atom is 0.177 e. The van der Waals surface area contributed by atoms with Crippen LogP contribution in [-0.2, 0) is 16.3 Å². The number of phenolic OH excluding ortho intramolecular Hbond substituents is 1. The van der Waals surface area contributed by atoms with Crippen molar-refractivity contribution in [3.63, 3.8) is 0 Å². The van der Waals surface area contributed by atoms with E-state index in [1.165, 1.54) is 12.3 Å². The summed E-state index contributed by atoms with van der Waals surface area (Å²) >= 11 is 0. The first-order valence-electron chi connectivity index (χ1n) is 10.1. The van der Waals surface area contributed by atoms with E-state index in [4.69, 9.17) is 0 Å². The van der Waals surface area contributed by atoms with Crippen molar-refractivity contribution in [1.82, 2.24) is 24.5 Å². The van der Waals surface area contributed by atoms with E-state index in [-0.39, 0.29) is 16.7 Å². The van der Waals surface area contributed by atoms with Crippen molar-refractivity contribution < 1.29 is 13.5 Å². The summed E-state index contributed by atoms with van der Waals surface area (Å²) in [6.07, 6.45) is 6.45. The van der Waals surface area contributed by atoms with Crippen LogP contribution in [0.2, 0.25) is 0 Å². The molecule has 0 aliphatic heterocycles. The molecule has 3 heterocycles. The Morgan fingerprint density at radius 1 is 1.12 bits per heavy atom. The molecule has 32 heavy (non-hydrogen) atoms. The molecule has 0 fully saturated rings. The third-order valence-corrected chi connectivity index (χ3v) is 6.10. The number of pyridine rings is 1. The number of hydrogen-bond acceptors (Lipinski definition) is 8. The first kappa shape index (κ1) is 21.7. The van der Waals surface area contributed by atoms with Crippen LogP contribution in [0.4, 0.5) is 5.82 Å². The number of phenols is 1. The van der Waals surface area contributed by atoms with Crippen LogP contribution in [0.3, 0.4) is 0 Å². The molecule has 0 aliphatic carbocycles. The number of rotatable bonds is 7. The SMILES string of the molecule is CC(C)n1cnc2c(NCCc3ccc(O)cc3)nc(-c3cncc(S(C)(=O)=O)c3)nc21. The number of sulfone groups is 1.